The van der Waals surface area contributed by atoms with E-state index in [0.717, 1.165) is 10.5 Å². The van der Waals surface area contributed by atoms with Crippen LogP contribution in [0.25, 0.3) is 0 Å². The Morgan fingerprint density at radius 3 is 2.45 bits per heavy atom. The fourth-order valence-corrected chi connectivity index (χ4v) is 4.20. The van der Waals surface area contributed by atoms with Gasteiger partial charge in [0.05, 0.1) is 6.04 Å². The van der Waals surface area contributed by atoms with E-state index < -0.39 is 23.4 Å². The molecule has 2 aromatic rings. The zero-order valence-electron chi connectivity index (χ0n) is 18.7. The number of nitrogens with zero attached hydrogens (tertiary/aromatic N) is 1. The topological polar surface area (TPSA) is 97.0 Å². The molecule has 1 fully saturated rings. The van der Waals surface area contributed by atoms with Gasteiger partial charge in [0, 0.05) is 5.02 Å². The number of imide groups is 1. The van der Waals surface area contributed by atoms with Crippen molar-refractivity contribution in [3.63, 3.8) is 0 Å². The summed E-state index contributed by atoms with van der Waals surface area (Å²) in [6.07, 6.45) is 0. The molecule has 2 N–H and O–H groups in total. The first-order chi connectivity index (χ1) is 15.7. The van der Waals surface area contributed by atoms with Gasteiger partial charge >= 0.3 is 6.03 Å². The van der Waals surface area contributed by atoms with Crippen molar-refractivity contribution < 1.29 is 23.9 Å². The highest BCUT2D eigenvalue weighted by atomic mass is 35.5. The second-order valence-corrected chi connectivity index (χ2v) is 9.08. The van der Waals surface area contributed by atoms with Gasteiger partial charge < -0.3 is 20.1 Å². The molecule has 4 amide bonds. The van der Waals surface area contributed by atoms with Crippen LogP contribution in [0.3, 0.4) is 0 Å². The summed E-state index contributed by atoms with van der Waals surface area (Å²) >= 11 is 5.94. The first-order valence-electron chi connectivity index (χ1n) is 10.8. The molecule has 9 heteroatoms. The van der Waals surface area contributed by atoms with Crippen LogP contribution in [-0.2, 0) is 15.1 Å². The Hall–Kier alpha value is -3.26. The molecule has 2 heterocycles. The van der Waals surface area contributed by atoms with Gasteiger partial charge in [-0.2, -0.15) is 0 Å². The van der Waals surface area contributed by atoms with Crippen LogP contribution < -0.4 is 20.1 Å². The van der Waals surface area contributed by atoms with Gasteiger partial charge in [-0.1, -0.05) is 43.6 Å². The van der Waals surface area contributed by atoms with E-state index in [9.17, 15) is 14.4 Å². The number of benzene rings is 2. The van der Waals surface area contributed by atoms with Crippen molar-refractivity contribution in [2.24, 2.45) is 5.92 Å². The number of amides is 4. The van der Waals surface area contributed by atoms with Gasteiger partial charge in [0.1, 0.15) is 25.3 Å². The molecule has 0 spiro atoms. The quantitative estimate of drug-likeness (QED) is 0.629. The Morgan fingerprint density at radius 1 is 1.12 bits per heavy atom. The minimum atomic E-state index is -1.27. The van der Waals surface area contributed by atoms with Crippen molar-refractivity contribution in [2.45, 2.75) is 32.4 Å². The lowest BCUT2D eigenvalue weighted by Crippen LogP contribution is -2.44. The molecule has 4 rings (SSSR count). The molecule has 2 aromatic carbocycles. The largest absolute Gasteiger partial charge is 0.486 e. The van der Waals surface area contributed by atoms with E-state index in [1.165, 1.54) is 0 Å². The number of halogens is 1. The number of fused-ring (bicyclic) bond motifs is 1. The van der Waals surface area contributed by atoms with Crippen LogP contribution in [0.4, 0.5) is 4.79 Å². The molecule has 0 unspecified atom stereocenters. The van der Waals surface area contributed by atoms with E-state index in [1.54, 1.807) is 31.2 Å². The molecule has 0 radical (unpaired) electrons. The summed E-state index contributed by atoms with van der Waals surface area (Å²) in [7, 11) is 0. The Bertz CT molecular complexity index is 1090. The molecule has 0 saturated carbocycles. The van der Waals surface area contributed by atoms with E-state index in [-0.39, 0.29) is 18.5 Å². The molecule has 2 aliphatic rings. The second-order valence-electron chi connectivity index (χ2n) is 8.65. The van der Waals surface area contributed by atoms with E-state index in [4.69, 9.17) is 21.1 Å². The monoisotopic (exact) mass is 471 g/mol. The molecule has 0 aliphatic carbocycles. The minimum absolute atomic E-state index is 0.0546. The van der Waals surface area contributed by atoms with Crippen molar-refractivity contribution in [2.75, 3.05) is 19.8 Å². The lowest BCUT2D eigenvalue weighted by Gasteiger charge is -2.26. The number of hydrogen-bond donors (Lipinski definition) is 2. The van der Waals surface area contributed by atoms with Crippen molar-refractivity contribution in [3.05, 3.63) is 58.6 Å². The van der Waals surface area contributed by atoms with Crippen LogP contribution in [0.2, 0.25) is 5.02 Å². The number of carbonyl (C=O) groups is 3. The van der Waals surface area contributed by atoms with Crippen molar-refractivity contribution in [3.8, 4) is 11.5 Å². The number of ether oxygens (including phenoxy) is 2. The number of carbonyl (C=O) groups excluding carboxylic acids is 3. The average Bonchev–Trinajstić information content (AvgIpc) is 3.01. The number of urea groups is 1. The van der Waals surface area contributed by atoms with Gasteiger partial charge in [0.2, 0.25) is 5.91 Å². The van der Waals surface area contributed by atoms with Crippen LogP contribution >= 0.6 is 11.6 Å². The lowest BCUT2D eigenvalue weighted by molar-refractivity contribution is -0.135. The van der Waals surface area contributed by atoms with E-state index >= 15 is 0 Å². The standard InChI is InChI=1S/C24H26ClN3O5/c1-14(2)21(15-4-9-18-19(12-15)33-11-10-32-18)26-20(29)13-28-22(30)24(3,27-23(28)31)16-5-7-17(25)8-6-16/h4-9,12,14,21H,10-11,13H2,1-3H3,(H,26,29)(H,27,31)/t21-,24+/m0/s1. The van der Waals surface area contributed by atoms with Crippen LogP contribution in [-0.4, -0.2) is 42.5 Å². The van der Waals surface area contributed by atoms with E-state index in [0.29, 0.717) is 35.3 Å². The van der Waals surface area contributed by atoms with E-state index in [2.05, 4.69) is 10.6 Å². The molecule has 2 aliphatic heterocycles. The fourth-order valence-electron chi connectivity index (χ4n) is 4.07. The van der Waals surface area contributed by atoms with Crippen LogP contribution in [0, 0.1) is 5.92 Å². The van der Waals surface area contributed by atoms with E-state index in [1.807, 2.05) is 32.0 Å². The van der Waals surface area contributed by atoms with Gasteiger partial charge in [-0.3, -0.25) is 14.5 Å². The highest BCUT2D eigenvalue weighted by Crippen LogP contribution is 2.34. The molecule has 0 aromatic heterocycles. The first-order valence-corrected chi connectivity index (χ1v) is 11.2. The summed E-state index contributed by atoms with van der Waals surface area (Å²) in [5.41, 5.74) is 0.171. The molecular weight excluding hydrogens is 446 g/mol. The van der Waals surface area contributed by atoms with Gasteiger partial charge in [-0.25, -0.2) is 4.79 Å². The summed E-state index contributed by atoms with van der Waals surface area (Å²) < 4.78 is 11.2. The van der Waals surface area contributed by atoms with Crippen molar-refractivity contribution >= 4 is 29.4 Å². The number of rotatable bonds is 6. The summed E-state index contributed by atoms with van der Waals surface area (Å²) in [4.78, 5) is 39.5. The Kier molecular flexibility index (Phi) is 6.21. The average molecular weight is 472 g/mol. The van der Waals surface area contributed by atoms with Gasteiger partial charge in [0.15, 0.2) is 11.5 Å². The van der Waals surface area contributed by atoms with Crippen LogP contribution in [0.1, 0.15) is 37.9 Å². The van der Waals surface area contributed by atoms with Crippen LogP contribution in [0.15, 0.2) is 42.5 Å². The zero-order chi connectivity index (χ0) is 23.8. The third kappa shape index (κ3) is 4.48. The van der Waals surface area contributed by atoms with Gasteiger partial charge in [-0.05, 0) is 48.2 Å². The lowest BCUT2D eigenvalue weighted by atomic mass is 9.92. The Labute approximate surface area is 197 Å². The van der Waals surface area contributed by atoms with Gasteiger partial charge in [-0.15, -0.1) is 0 Å². The minimum Gasteiger partial charge on any atom is -0.486 e. The molecule has 33 heavy (non-hydrogen) atoms. The smallest absolute Gasteiger partial charge is 0.325 e. The maximum absolute atomic E-state index is 13.1. The Morgan fingerprint density at radius 2 is 1.79 bits per heavy atom. The summed E-state index contributed by atoms with van der Waals surface area (Å²) in [5.74, 6) is 0.419. The maximum Gasteiger partial charge on any atom is 0.325 e. The third-order valence-corrected chi connectivity index (χ3v) is 6.16. The Balaban J connectivity index is 1.48. The molecule has 8 nitrogen and oxygen atoms in total. The van der Waals surface area contributed by atoms with Gasteiger partial charge in [0.25, 0.3) is 5.91 Å². The predicted molar refractivity (Wildman–Crippen MR) is 122 cm³/mol. The molecule has 2 atom stereocenters. The normalized spacial score (nSPS) is 20.6. The highest BCUT2D eigenvalue weighted by molar-refractivity contribution is 6.30. The molecule has 174 valence electrons. The summed E-state index contributed by atoms with van der Waals surface area (Å²) in [6.45, 7) is 6.15. The fraction of sp³-hybridized carbons (Fsp3) is 0.375. The summed E-state index contributed by atoms with van der Waals surface area (Å²) in [6, 6.07) is 11.3. The SMILES string of the molecule is CC(C)[C@H](NC(=O)CN1C(=O)N[C@](C)(c2ccc(Cl)cc2)C1=O)c1ccc2c(c1)OCCO2. The first kappa shape index (κ1) is 22.9. The molecular formula is C24H26ClN3O5. The van der Waals surface area contributed by atoms with Crippen molar-refractivity contribution in [1.82, 2.24) is 15.5 Å². The zero-order valence-corrected chi connectivity index (χ0v) is 19.4. The highest BCUT2D eigenvalue weighted by Gasteiger charge is 2.49. The van der Waals surface area contributed by atoms with Crippen LogP contribution in [0.5, 0.6) is 11.5 Å². The molecule has 0 bridgehead atoms. The predicted octanol–water partition coefficient (Wildman–Crippen LogP) is 3.39. The third-order valence-electron chi connectivity index (χ3n) is 5.91. The molecule has 1 saturated heterocycles. The second kappa shape index (κ2) is 8.94. The number of hydrogen-bond acceptors (Lipinski definition) is 5. The van der Waals surface area contributed by atoms with Crippen molar-refractivity contribution in [1.29, 1.82) is 0 Å². The maximum atomic E-state index is 13.1. The summed E-state index contributed by atoms with van der Waals surface area (Å²) in [5, 5.41) is 6.18. The number of nitrogens with one attached hydrogen (secondary N) is 2.